The normalized spacial score (nSPS) is 15.6. The van der Waals surface area contributed by atoms with E-state index >= 15 is 0 Å². The van der Waals surface area contributed by atoms with E-state index in [-0.39, 0.29) is 5.82 Å². The van der Waals surface area contributed by atoms with Gasteiger partial charge in [-0.15, -0.1) is 11.8 Å². The zero-order valence-corrected chi connectivity index (χ0v) is 20.4. The first-order chi connectivity index (χ1) is 16.1. The van der Waals surface area contributed by atoms with Gasteiger partial charge in [0, 0.05) is 40.2 Å². The molecule has 0 spiro atoms. The van der Waals surface area contributed by atoms with Gasteiger partial charge in [0.15, 0.2) is 5.69 Å². The summed E-state index contributed by atoms with van der Waals surface area (Å²) in [7, 11) is 0. The van der Waals surface area contributed by atoms with Crippen LogP contribution in [0.25, 0.3) is 0 Å². The maximum Gasteiger partial charge on any atom is 0.435 e. The monoisotopic (exact) mass is 524 g/mol. The topological polar surface area (TPSA) is 41.9 Å². The van der Waals surface area contributed by atoms with Gasteiger partial charge in [-0.2, -0.15) is 18.3 Å². The minimum absolute atomic E-state index is 0.233. The highest BCUT2D eigenvalue weighted by molar-refractivity contribution is 7.99. The lowest BCUT2D eigenvalue weighted by Gasteiger charge is -2.32. The molecule has 34 heavy (non-hydrogen) atoms. The molecule has 4 nitrogen and oxygen atoms in total. The van der Waals surface area contributed by atoms with Crippen molar-refractivity contribution in [3.05, 3.63) is 99.4 Å². The number of rotatable bonds is 7. The summed E-state index contributed by atoms with van der Waals surface area (Å²) in [6.07, 6.45) is -4.58. The number of halogens is 5. The lowest BCUT2D eigenvalue weighted by atomic mass is 9.93. The fourth-order valence-corrected chi connectivity index (χ4v) is 4.87. The van der Waals surface area contributed by atoms with Gasteiger partial charge in [0.1, 0.15) is 11.9 Å². The number of hydrogen-bond acceptors (Lipinski definition) is 4. The predicted molar refractivity (Wildman–Crippen MR) is 132 cm³/mol. The van der Waals surface area contributed by atoms with Crippen molar-refractivity contribution < 1.29 is 13.2 Å². The Labute approximate surface area is 209 Å². The number of thioether (sulfide) groups is 1. The fraction of sp³-hybridized carbons (Fsp3) is 0.208. The van der Waals surface area contributed by atoms with Crippen molar-refractivity contribution in [2.45, 2.75) is 24.0 Å². The molecule has 1 atom stereocenters. The highest BCUT2D eigenvalue weighted by atomic mass is 35.5. The summed E-state index contributed by atoms with van der Waals surface area (Å²) >= 11 is 14.0. The molecule has 2 heterocycles. The lowest BCUT2D eigenvalue weighted by molar-refractivity contribution is -0.141. The maximum absolute atomic E-state index is 13.4. The Morgan fingerprint density at radius 1 is 1.15 bits per heavy atom. The van der Waals surface area contributed by atoms with Crippen LogP contribution in [0.4, 0.5) is 19.0 Å². The number of fused-ring (bicyclic) bond motifs is 1. The third-order valence-corrected chi connectivity index (χ3v) is 7.05. The van der Waals surface area contributed by atoms with E-state index in [1.54, 1.807) is 36.9 Å². The summed E-state index contributed by atoms with van der Waals surface area (Å²) in [6, 6.07) is 15.3. The second kappa shape index (κ2) is 9.98. The number of benzene rings is 2. The van der Waals surface area contributed by atoms with Crippen LogP contribution in [-0.4, -0.2) is 22.1 Å². The number of allylic oxidation sites excluding steroid dienone is 2. The molecule has 1 aromatic heterocycles. The molecule has 1 unspecified atom stereocenters. The van der Waals surface area contributed by atoms with Crippen LogP contribution in [0.15, 0.2) is 83.0 Å². The van der Waals surface area contributed by atoms with Gasteiger partial charge >= 0.3 is 6.18 Å². The Morgan fingerprint density at radius 2 is 1.88 bits per heavy atom. The van der Waals surface area contributed by atoms with Crippen molar-refractivity contribution in [1.82, 2.24) is 15.1 Å². The molecule has 0 saturated heterocycles. The van der Waals surface area contributed by atoms with Crippen LogP contribution in [0, 0.1) is 0 Å². The third-order valence-electron chi connectivity index (χ3n) is 5.30. The van der Waals surface area contributed by atoms with E-state index in [4.69, 9.17) is 23.2 Å². The molecule has 1 aliphatic heterocycles. The van der Waals surface area contributed by atoms with E-state index in [9.17, 15) is 13.2 Å². The molecule has 4 rings (SSSR count). The van der Waals surface area contributed by atoms with E-state index in [0.29, 0.717) is 39.1 Å². The first-order valence-electron chi connectivity index (χ1n) is 10.4. The first kappa shape index (κ1) is 24.6. The molecular formula is C24H21Cl2F3N4S. The number of nitrogens with one attached hydrogen (secondary N) is 2. The molecule has 0 aliphatic carbocycles. The van der Waals surface area contributed by atoms with Crippen molar-refractivity contribution in [3.8, 4) is 0 Å². The van der Waals surface area contributed by atoms with Gasteiger partial charge in [-0.1, -0.05) is 54.0 Å². The Morgan fingerprint density at radius 3 is 2.56 bits per heavy atom. The zero-order chi connectivity index (χ0) is 24.5. The smallest absolute Gasteiger partial charge is 0.384 e. The van der Waals surface area contributed by atoms with Gasteiger partial charge in [0.05, 0.1) is 10.0 Å². The van der Waals surface area contributed by atoms with E-state index in [2.05, 4.69) is 22.3 Å². The Balaban J connectivity index is 1.63. The number of nitrogens with zero attached hydrogens (tertiary/aromatic N) is 2. The van der Waals surface area contributed by atoms with Gasteiger partial charge < -0.3 is 10.6 Å². The van der Waals surface area contributed by atoms with Crippen LogP contribution in [0.3, 0.4) is 0 Å². The molecule has 0 saturated carbocycles. The standard InChI is InChI=1S/C24H21Cl2F3N4S/c1-14(30-10-11-34-17-6-4-3-5-7-17)22-15(2)31-21-13-20(24(27,28)29)32-33(21)23(22)16-8-9-18(25)19(26)12-16/h3-9,12-13,23,30-31H,1,10-11H2,2H3. The van der Waals surface area contributed by atoms with E-state index in [1.165, 1.54) is 4.68 Å². The molecule has 1 aliphatic rings. The second-order valence-corrected chi connectivity index (χ2v) is 9.65. The van der Waals surface area contributed by atoms with Crippen LogP contribution in [0.5, 0.6) is 0 Å². The largest absolute Gasteiger partial charge is 0.435 e. The Bertz CT molecular complexity index is 1240. The summed E-state index contributed by atoms with van der Waals surface area (Å²) in [5, 5.41) is 10.9. The molecule has 0 amide bonds. The highest BCUT2D eigenvalue weighted by Crippen LogP contribution is 2.42. The van der Waals surface area contributed by atoms with E-state index in [1.807, 2.05) is 30.3 Å². The summed E-state index contributed by atoms with van der Waals surface area (Å²) in [5.41, 5.74) is 1.61. The minimum atomic E-state index is -4.58. The molecular weight excluding hydrogens is 504 g/mol. The fourth-order valence-electron chi connectivity index (χ4n) is 3.77. The maximum atomic E-state index is 13.4. The summed E-state index contributed by atoms with van der Waals surface area (Å²) in [6.45, 7) is 6.59. The van der Waals surface area contributed by atoms with Gasteiger partial charge in [0.25, 0.3) is 0 Å². The Kier molecular flexibility index (Phi) is 7.21. The molecule has 10 heteroatoms. The van der Waals surface area contributed by atoms with Crippen LogP contribution < -0.4 is 10.6 Å². The average molecular weight is 525 g/mol. The predicted octanol–water partition coefficient (Wildman–Crippen LogP) is 7.39. The highest BCUT2D eigenvalue weighted by Gasteiger charge is 2.38. The van der Waals surface area contributed by atoms with E-state index < -0.39 is 17.9 Å². The molecule has 0 bridgehead atoms. The number of hydrogen-bond donors (Lipinski definition) is 2. The minimum Gasteiger partial charge on any atom is -0.384 e. The first-order valence-corrected chi connectivity index (χ1v) is 12.1. The van der Waals surface area contributed by atoms with Gasteiger partial charge in [0.2, 0.25) is 0 Å². The molecule has 178 valence electrons. The van der Waals surface area contributed by atoms with Crippen LogP contribution in [-0.2, 0) is 6.18 Å². The number of anilines is 1. The molecule has 2 aromatic carbocycles. The third kappa shape index (κ3) is 5.24. The molecule has 2 N–H and O–H groups in total. The van der Waals surface area contributed by atoms with Crippen molar-refractivity contribution in [2.24, 2.45) is 0 Å². The number of alkyl halides is 3. The van der Waals surface area contributed by atoms with Crippen LogP contribution in [0.2, 0.25) is 10.0 Å². The molecule has 3 aromatic rings. The van der Waals surface area contributed by atoms with E-state index in [0.717, 1.165) is 16.7 Å². The van der Waals surface area contributed by atoms with Crippen molar-refractivity contribution in [2.75, 3.05) is 17.6 Å². The SMILES string of the molecule is C=C(NCCSc1ccccc1)C1=C(C)Nc2cc(C(F)(F)F)nn2C1c1ccc(Cl)c(Cl)c1. The van der Waals surface area contributed by atoms with Crippen molar-refractivity contribution in [3.63, 3.8) is 0 Å². The molecule has 0 fully saturated rings. The van der Waals surface area contributed by atoms with Gasteiger partial charge in [-0.3, -0.25) is 0 Å². The van der Waals surface area contributed by atoms with Crippen LogP contribution >= 0.6 is 35.0 Å². The second-order valence-electron chi connectivity index (χ2n) is 7.66. The van der Waals surface area contributed by atoms with Gasteiger partial charge in [-0.25, -0.2) is 4.68 Å². The van der Waals surface area contributed by atoms with Gasteiger partial charge in [-0.05, 0) is 36.8 Å². The molecule has 0 radical (unpaired) electrons. The lowest BCUT2D eigenvalue weighted by Crippen LogP contribution is -2.29. The summed E-state index contributed by atoms with van der Waals surface area (Å²) in [5.74, 6) is 1.02. The number of aromatic nitrogens is 2. The van der Waals surface area contributed by atoms with Crippen molar-refractivity contribution in [1.29, 1.82) is 0 Å². The van der Waals surface area contributed by atoms with Crippen molar-refractivity contribution >= 4 is 40.8 Å². The summed E-state index contributed by atoms with van der Waals surface area (Å²) < 4.78 is 41.6. The Hall–Kier alpha value is -2.55. The van der Waals surface area contributed by atoms with Crippen LogP contribution in [0.1, 0.15) is 24.2 Å². The quantitative estimate of drug-likeness (QED) is 0.249. The zero-order valence-electron chi connectivity index (χ0n) is 18.1. The summed E-state index contributed by atoms with van der Waals surface area (Å²) in [4.78, 5) is 1.15. The average Bonchev–Trinajstić information content (AvgIpc) is 3.22.